The van der Waals surface area contributed by atoms with Crippen molar-refractivity contribution < 1.29 is 27.4 Å². The average Bonchev–Trinajstić information content (AvgIpc) is 2.15. The number of hydrogen-bond acceptors (Lipinski definition) is 3. The van der Waals surface area contributed by atoms with Gasteiger partial charge in [-0.2, -0.15) is 13.2 Å². The van der Waals surface area contributed by atoms with Crippen molar-refractivity contribution in [2.75, 3.05) is 0 Å². The Labute approximate surface area is 96.1 Å². The van der Waals surface area contributed by atoms with Crippen molar-refractivity contribution >= 4 is 6.16 Å². The molecule has 0 radical (unpaired) electrons. The largest absolute Gasteiger partial charge is 0.514 e. The van der Waals surface area contributed by atoms with E-state index < -0.39 is 17.9 Å². The number of benzene rings is 1. The quantitative estimate of drug-likeness (QED) is 0.592. The number of halogens is 3. The second kappa shape index (κ2) is 5.07. The molecule has 1 aromatic rings. The third-order valence-corrected chi connectivity index (χ3v) is 1.71. The standard InChI is InChI=1S/C11H11F3O3/c1-7(2)16-10(15)17-9-5-3-8(4-6-9)11(12,13)14/h3-7H,1-2H3. The van der Waals surface area contributed by atoms with Gasteiger partial charge in [-0.05, 0) is 38.1 Å². The van der Waals surface area contributed by atoms with Gasteiger partial charge in [-0.15, -0.1) is 0 Å². The van der Waals surface area contributed by atoms with E-state index in [-0.39, 0.29) is 11.9 Å². The number of carbonyl (C=O) groups excluding carboxylic acids is 1. The van der Waals surface area contributed by atoms with Gasteiger partial charge in [-0.3, -0.25) is 0 Å². The Bertz CT molecular complexity index is 382. The van der Waals surface area contributed by atoms with E-state index in [0.717, 1.165) is 24.3 Å². The number of hydrogen-bond donors (Lipinski definition) is 0. The van der Waals surface area contributed by atoms with Crippen LogP contribution in [-0.2, 0) is 10.9 Å². The molecule has 94 valence electrons. The smallest absolute Gasteiger partial charge is 0.431 e. The van der Waals surface area contributed by atoms with Gasteiger partial charge >= 0.3 is 12.3 Å². The lowest BCUT2D eigenvalue weighted by Gasteiger charge is -2.09. The van der Waals surface area contributed by atoms with Crippen molar-refractivity contribution in [1.82, 2.24) is 0 Å². The maximum absolute atomic E-state index is 12.2. The lowest BCUT2D eigenvalue weighted by Crippen LogP contribution is -2.15. The van der Waals surface area contributed by atoms with E-state index in [1.807, 2.05) is 0 Å². The zero-order valence-corrected chi connectivity index (χ0v) is 9.25. The fourth-order valence-electron chi connectivity index (χ4n) is 1.02. The molecule has 0 saturated carbocycles. The molecule has 0 heterocycles. The maximum Gasteiger partial charge on any atom is 0.514 e. The fourth-order valence-corrected chi connectivity index (χ4v) is 1.02. The summed E-state index contributed by atoms with van der Waals surface area (Å²) in [7, 11) is 0. The average molecular weight is 248 g/mol. The van der Waals surface area contributed by atoms with Gasteiger partial charge in [-0.1, -0.05) is 0 Å². The van der Waals surface area contributed by atoms with Crippen LogP contribution >= 0.6 is 0 Å². The summed E-state index contributed by atoms with van der Waals surface area (Å²) in [6.07, 6.45) is -5.70. The highest BCUT2D eigenvalue weighted by Crippen LogP contribution is 2.30. The topological polar surface area (TPSA) is 35.5 Å². The lowest BCUT2D eigenvalue weighted by atomic mass is 10.2. The van der Waals surface area contributed by atoms with Crippen LogP contribution in [-0.4, -0.2) is 12.3 Å². The first-order valence-electron chi connectivity index (χ1n) is 4.85. The molecule has 0 N–H and O–H groups in total. The van der Waals surface area contributed by atoms with Gasteiger partial charge in [0.05, 0.1) is 11.7 Å². The van der Waals surface area contributed by atoms with Gasteiger partial charge in [0.2, 0.25) is 0 Å². The molecule has 0 saturated heterocycles. The normalized spacial score (nSPS) is 11.4. The van der Waals surface area contributed by atoms with Crippen molar-refractivity contribution in [1.29, 1.82) is 0 Å². The maximum atomic E-state index is 12.2. The molecule has 0 amide bonds. The van der Waals surface area contributed by atoms with Gasteiger partial charge in [0.15, 0.2) is 0 Å². The van der Waals surface area contributed by atoms with Crippen LogP contribution in [0.5, 0.6) is 5.75 Å². The van der Waals surface area contributed by atoms with Crippen molar-refractivity contribution in [3.63, 3.8) is 0 Å². The van der Waals surface area contributed by atoms with Crippen LogP contribution in [0.2, 0.25) is 0 Å². The van der Waals surface area contributed by atoms with Crippen LogP contribution in [0.15, 0.2) is 24.3 Å². The van der Waals surface area contributed by atoms with Crippen LogP contribution in [0.25, 0.3) is 0 Å². The summed E-state index contributed by atoms with van der Waals surface area (Å²) in [6, 6.07) is 3.78. The molecule has 0 aliphatic carbocycles. The van der Waals surface area contributed by atoms with Crippen LogP contribution < -0.4 is 4.74 Å². The van der Waals surface area contributed by atoms with Crippen LogP contribution in [0.3, 0.4) is 0 Å². The second-order valence-corrected chi connectivity index (χ2v) is 3.54. The molecular formula is C11H11F3O3. The highest BCUT2D eigenvalue weighted by molar-refractivity contribution is 5.63. The third-order valence-electron chi connectivity index (χ3n) is 1.71. The molecule has 17 heavy (non-hydrogen) atoms. The van der Waals surface area contributed by atoms with E-state index in [9.17, 15) is 18.0 Å². The monoisotopic (exact) mass is 248 g/mol. The first kappa shape index (κ1) is 13.3. The fraction of sp³-hybridized carbons (Fsp3) is 0.364. The van der Waals surface area contributed by atoms with Gasteiger partial charge in [0, 0.05) is 0 Å². The predicted octanol–water partition coefficient (Wildman–Crippen LogP) is 3.63. The van der Waals surface area contributed by atoms with Crippen molar-refractivity contribution in [2.24, 2.45) is 0 Å². The van der Waals surface area contributed by atoms with E-state index in [0.29, 0.717) is 0 Å². The Morgan fingerprint density at radius 1 is 1.18 bits per heavy atom. The summed E-state index contributed by atoms with van der Waals surface area (Å²) in [5, 5.41) is 0. The van der Waals surface area contributed by atoms with E-state index >= 15 is 0 Å². The molecule has 1 aromatic carbocycles. The zero-order valence-electron chi connectivity index (χ0n) is 9.25. The molecule has 0 spiro atoms. The molecule has 0 unspecified atom stereocenters. The summed E-state index contributed by atoms with van der Waals surface area (Å²) < 4.78 is 46.0. The Kier molecular flexibility index (Phi) is 3.98. The van der Waals surface area contributed by atoms with E-state index in [1.165, 1.54) is 0 Å². The number of alkyl halides is 3. The van der Waals surface area contributed by atoms with Crippen LogP contribution in [0.4, 0.5) is 18.0 Å². The van der Waals surface area contributed by atoms with Gasteiger partial charge in [0.1, 0.15) is 5.75 Å². The Morgan fingerprint density at radius 3 is 2.12 bits per heavy atom. The molecule has 0 fully saturated rings. The first-order chi connectivity index (χ1) is 7.79. The molecule has 0 aliphatic heterocycles. The van der Waals surface area contributed by atoms with Gasteiger partial charge < -0.3 is 9.47 Å². The Balaban J connectivity index is 2.66. The molecule has 1 rings (SSSR count). The summed E-state index contributed by atoms with van der Waals surface area (Å²) in [5.41, 5.74) is -0.804. The van der Waals surface area contributed by atoms with Gasteiger partial charge in [0.25, 0.3) is 0 Å². The van der Waals surface area contributed by atoms with Crippen LogP contribution in [0, 0.1) is 0 Å². The highest BCUT2D eigenvalue weighted by atomic mass is 19.4. The minimum absolute atomic E-state index is 0.00338. The Morgan fingerprint density at radius 2 is 1.71 bits per heavy atom. The van der Waals surface area contributed by atoms with Crippen LogP contribution in [0.1, 0.15) is 19.4 Å². The number of rotatable bonds is 2. The van der Waals surface area contributed by atoms with Crippen molar-refractivity contribution in [3.05, 3.63) is 29.8 Å². The van der Waals surface area contributed by atoms with Crippen molar-refractivity contribution in [2.45, 2.75) is 26.1 Å². The molecule has 6 heteroatoms. The Hall–Kier alpha value is -1.72. The summed E-state index contributed by atoms with van der Waals surface area (Å²) >= 11 is 0. The minimum Gasteiger partial charge on any atom is -0.431 e. The van der Waals surface area contributed by atoms with Crippen molar-refractivity contribution in [3.8, 4) is 5.75 Å². The summed E-state index contributed by atoms with van der Waals surface area (Å²) in [6.45, 7) is 3.27. The molecule has 0 bridgehead atoms. The number of ether oxygens (including phenoxy) is 2. The van der Waals surface area contributed by atoms with E-state index in [4.69, 9.17) is 0 Å². The lowest BCUT2D eigenvalue weighted by molar-refractivity contribution is -0.137. The zero-order chi connectivity index (χ0) is 13.1. The second-order valence-electron chi connectivity index (χ2n) is 3.54. The first-order valence-corrected chi connectivity index (χ1v) is 4.85. The molecule has 3 nitrogen and oxygen atoms in total. The van der Waals surface area contributed by atoms with Gasteiger partial charge in [-0.25, -0.2) is 4.79 Å². The van der Waals surface area contributed by atoms with E-state index in [2.05, 4.69) is 9.47 Å². The highest BCUT2D eigenvalue weighted by Gasteiger charge is 2.30. The SMILES string of the molecule is CC(C)OC(=O)Oc1ccc(C(F)(F)F)cc1. The third kappa shape index (κ3) is 4.34. The minimum atomic E-state index is -4.41. The van der Waals surface area contributed by atoms with E-state index in [1.54, 1.807) is 13.8 Å². The summed E-state index contributed by atoms with van der Waals surface area (Å²) in [5.74, 6) is 0.00338. The summed E-state index contributed by atoms with van der Waals surface area (Å²) in [4.78, 5) is 11.0. The number of carbonyl (C=O) groups is 1. The molecule has 0 aliphatic rings. The predicted molar refractivity (Wildman–Crippen MR) is 53.7 cm³/mol. The molecule has 0 aromatic heterocycles. The molecule has 0 atom stereocenters. The molecular weight excluding hydrogens is 237 g/mol.